The smallest absolute Gasteiger partial charge is 0.416 e. The third kappa shape index (κ3) is 4.64. The van der Waals surface area contributed by atoms with Gasteiger partial charge in [-0.2, -0.15) is 0 Å². The van der Waals surface area contributed by atoms with Crippen molar-refractivity contribution in [3.63, 3.8) is 0 Å². The number of aryl methyl sites for hydroxylation is 1. The number of hydrogen-bond acceptors (Lipinski definition) is 6. The Balaban J connectivity index is 1.82. The van der Waals surface area contributed by atoms with Crippen molar-refractivity contribution in [2.24, 2.45) is 17.8 Å². The number of nitrogens with zero attached hydrogens (tertiary/aromatic N) is 1. The molecule has 2 amide bonds. The van der Waals surface area contributed by atoms with Crippen LogP contribution in [0.25, 0.3) is 0 Å². The summed E-state index contributed by atoms with van der Waals surface area (Å²) in [7, 11) is 0. The van der Waals surface area contributed by atoms with Crippen molar-refractivity contribution in [2.75, 3.05) is 13.2 Å². The largest absolute Gasteiger partial charge is 0.464 e. The van der Waals surface area contributed by atoms with E-state index in [0.717, 1.165) is 16.7 Å². The van der Waals surface area contributed by atoms with Gasteiger partial charge in [-0.15, -0.1) is 0 Å². The number of ether oxygens (including phenoxy) is 3. The number of carbonyl (C=O) groups is 3. The zero-order valence-corrected chi connectivity index (χ0v) is 21.6. The summed E-state index contributed by atoms with van der Waals surface area (Å²) in [6, 6.07) is 16.9. The standard InChI is InChI=1S/C29H35NO6/c1-6-34-27(32)29(16-21-10-8-7-9-11-21)20(5)24(25(36-29)22-14-12-19(4)13-15-22)26(31)30-23(18(2)3)17-35-28(30)33/h7-15,18,20,23-25H,6,16-17H2,1-5H3/t20-,23+,24-,25-,29-/m0/s1. The molecule has 2 heterocycles. The lowest BCUT2D eigenvalue weighted by Crippen LogP contribution is -2.50. The van der Waals surface area contributed by atoms with E-state index in [1.54, 1.807) is 6.92 Å². The van der Waals surface area contributed by atoms with Crippen LogP contribution in [-0.2, 0) is 30.2 Å². The maximum absolute atomic E-state index is 14.1. The fourth-order valence-electron chi connectivity index (χ4n) is 5.34. The number of benzene rings is 2. The highest BCUT2D eigenvalue weighted by molar-refractivity contribution is 5.96. The van der Waals surface area contributed by atoms with Crippen molar-refractivity contribution in [1.29, 1.82) is 0 Å². The van der Waals surface area contributed by atoms with E-state index in [1.165, 1.54) is 4.90 Å². The molecule has 2 saturated heterocycles. The van der Waals surface area contributed by atoms with Gasteiger partial charge in [-0.1, -0.05) is 80.9 Å². The average Bonchev–Trinajstić information content (AvgIpc) is 3.38. The molecule has 0 spiro atoms. The third-order valence-electron chi connectivity index (χ3n) is 7.47. The third-order valence-corrected chi connectivity index (χ3v) is 7.47. The molecule has 0 bridgehead atoms. The molecule has 2 aromatic rings. The van der Waals surface area contributed by atoms with E-state index in [9.17, 15) is 14.4 Å². The van der Waals surface area contributed by atoms with E-state index in [-0.39, 0.29) is 37.5 Å². The summed E-state index contributed by atoms with van der Waals surface area (Å²) < 4.78 is 17.5. The molecular formula is C29H35NO6. The van der Waals surface area contributed by atoms with Crippen molar-refractivity contribution in [3.05, 3.63) is 71.3 Å². The monoisotopic (exact) mass is 493 g/mol. The van der Waals surface area contributed by atoms with Gasteiger partial charge in [0.2, 0.25) is 5.91 Å². The Morgan fingerprint density at radius 3 is 2.39 bits per heavy atom. The van der Waals surface area contributed by atoms with Crippen LogP contribution in [0.15, 0.2) is 54.6 Å². The SMILES string of the molecule is CCOC(=O)[C@@]1(Cc2ccccc2)O[C@@H](c2ccc(C)cc2)[C@@H](C(=O)N2C(=O)OC[C@@H]2C(C)C)[C@@H]1C. The summed E-state index contributed by atoms with van der Waals surface area (Å²) in [6.45, 7) is 9.84. The molecule has 0 aliphatic carbocycles. The Morgan fingerprint density at radius 1 is 1.11 bits per heavy atom. The molecule has 2 aromatic carbocycles. The zero-order chi connectivity index (χ0) is 26.0. The minimum absolute atomic E-state index is 0.0231. The fraction of sp³-hybridized carbons (Fsp3) is 0.483. The second kappa shape index (κ2) is 10.4. The first-order valence-corrected chi connectivity index (χ1v) is 12.6. The van der Waals surface area contributed by atoms with Gasteiger partial charge in [-0.05, 0) is 30.9 Å². The molecule has 0 N–H and O–H groups in total. The van der Waals surface area contributed by atoms with Crippen LogP contribution in [0, 0.1) is 24.7 Å². The maximum Gasteiger partial charge on any atom is 0.416 e. The first kappa shape index (κ1) is 25.9. The van der Waals surface area contributed by atoms with Crippen LogP contribution in [0.2, 0.25) is 0 Å². The lowest BCUT2D eigenvalue weighted by Gasteiger charge is -2.32. The van der Waals surface area contributed by atoms with Gasteiger partial charge >= 0.3 is 12.1 Å². The Hall–Kier alpha value is -3.19. The van der Waals surface area contributed by atoms with Gasteiger partial charge in [0.05, 0.1) is 24.7 Å². The topological polar surface area (TPSA) is 82.1 Å². The second-order valence-electron chi connectivity index (χ2n) is 10.1. The first-order chi connectivity index (χ1) is 17.2. The highest BCUT2D eigenvalue weighted by Gasteiger charge is 2.62. The molecule has 4 rings (SSSR count). The molecule has 36 heavy (non-hydrogen) atoms. The van der Waals surface area contributed by atoms with E-state index < -0.39 is 35.6 Å². The summed E-state index contributed by atoms with van der Waals surface area (Å²) in [5.74, 6) is -2.22. The van der Waals surface area contributed by atoms with Crippen molar-refractivity contribution in [1.82, 2.24) is 4.90 Å². The molecule has 0 radical (unpaired) electrons. The van der Waals surface area contributed by atoms with Crippen LogP contribution in [0.1, 0.15) is 50.5 Å². The van der Waals surface area contributed by atoms with Crippen LogP contribution in [0.4, 0.5) is 4.79 Å². The molecule has 0 saturated carbocycles. The van der Waals surface area contributed by atoms with Crippen LogP contribution < -0.4 is 0 Å². The van der Waals surface area contributed by atoms with E-state index in [0.29, 0.717) is 0 Å². The van der Waals surface area contributed by atoms with Gasteiger partial charge in [-0.3, -0.25) is 4.79 Å². The summed E-state index contributed by atoms with van der Waals surface area (Å²) in [6.07, 6.45) is -1.13. The summed E-state index contributed by atoms with van der Waals surface area (Å²) in [5.41, 5.74) is 1.34. The maximum atomic E-state index is 14.1. The molecule has 2 aliphatic rings. The number of amides is 2. The molecule has 0 aromatic heterocycles. The predicted octanol–water partition coefficient (Wildman–Crippen LogP) is 4.87. The highest BCUT2D eigenvalue weighted by Crippen LogP contribution is 2.51. The molecule has 2 fully saturated rings. The van der Waals surface area contributed by atoms with Crippen molar-refractivity contribution < 1.29 is 28.6 Å². The summed E-state index contributed by atoms with van der Waals surface area (Å²) in [5, 5.41) is 0. The van der Waals surface area contributed by atoms with E-state index in [4.69, 9.17) is 14.2 Å². The van der Waals surface area contributed by atoms with Gasteiger partial charge in [0.25, 0.3) is 0 Å². The molecular weight excluding hydrogens is 458 g/mol. The summed E-state index contributed by atoms with van der Waals surface area (Å²) >= 11 is 0. The predicted molar refractivity (Wildman–Crippen MR) is 134 cm³/mol. The van der Waals surface area contributed by atoms with E-state index >= 15 is 0 Å². The number of cyclic esters (lactones) is 1. The quantitative estimate of drug-likeness (QED) is 0.512. The fourth-order valence-corrected chi connectivity index (χ4v) is 5.34. The lowest BCUT2D eigenvalue weighted by molar-refractivity contribution is -0.174. The van der Waals surface area contributed by atoms with E-state index in [1.807, 2.05) is 82.3 Å². The molecule has 7 heteroatoms. The molecule has 7 nitrogen and oxygen atoms in total. The highest BCUT2D eigenvalue weighted by atomic mass is 16.6. The number of hydrogen-bond donors (Lipinski definition) is 0. The molecule has 5 atom stereocenters. The van der Waals surface area contributed by atoms with Gasteiger partial charge < -0.3 is 14.2 Å². The number of esters is 1. The normalized spacial score (nSPS) is 27.8. The Labute approximate surface area is 212 Å². The van der Waals surface area contributed by atoms with Gasteiger partial charge in [0, 0.05) is 12.3 Å². The second-order valence-corrected chi connectivity index (χ2v) is 10.1. The van der Waals surface area contributed by atoms with E-state index in [2.05, 4.69) is 0 Å². The first-order valence-electron chi connectivity index (χ1n) is 12.6. The van der Waals surface area contributed by atoms with Crippen LogP contribution in [0.3, 0.4) is 0 Å². The van der Waals surface area contributed by atoms with Gasteiger partial charge in [-0.25, -0.2) is 14.5 Å². The molecule has 0 unspecified atom stereocenters. The zero-order valence-electron chi connectivity index (χ0n) is 21.6. The lowest BCUT2D eigenvalue weighted by atomic mass is 9.75. The Morgan fingerprint density at radius 2 is 1.78 bits per heavy atom. The minimum atomic E-state index is -1.40. The Kier molecular flexibility index (Phi) is 7.50. The number of carbonyl (C=O) groups excluding carboxylic acids is 3. The van der Waals surface area contributed by atoms with Crippen LogP contribution >= 0.6 is 0 Å². The average molecular weight is 494 g/mol. The summed E-state index contributed by atoms with van der Waals surface area (Å²) in [4.78, 5) is 41.7. The minimum Gasteiger partial charge on any atom is -0.464 e. The molecule has 2 aliphatic heterocycles. The molecule has 192 valence electrons. The van der Waals surface area contributed by atoms with Crippen LogP contribution in [-0.4, -0.2) is 47.7 Å². The van der Waals surface area contributed by atoms with Crippen LogP contribution in [0.5, 0.6) is 0 Å². The number of rotatable bonds is 7. The van der Waals surface area contributed by atoms with Crippen molar-refractivity contribution in [2.45, 2.75) is 58.8 Å². The van der Waals surface area contributed by atoms with Crippen molar-refractivity contribution in [3.8, 4) is 0 Å². The van der Waals surface area contributed by atoms with Crippen molar-refractivity contribution >= 4 is 18.0 Å². The van der Waals surface area contributed by atoms with Gasteiger partial charge in [0.15, 0.2) is 5.60 Å². The Bertz CT molecular complexity index is 1100. The number of imide groups is 1. The van der Waals surface area contributed by atoms with Gasteiger partial charge in [0.1, 0.15) is 6.61 Å².